The Kier molecular flexibility index (Phi) is 3.55. The predicted molar refractivity (Wildman–Crippen MR) is 84.5 cm³/mol. The molecule has 1 N–H and O–H groups in total. The number of aryl methyl sites for hydroxylation is 1. The van der Waals surface area contributed by atoms with Crippen LogP contribution in [0.25, 0.3) is 0 Å². The molecule has 1 aliphatic rings. The van der Waals surface area contributed by atoms with Crippen molar-refractivity contribution < 1.29 is 14.3 Å². The van der Waals surface area contributed by atoms with Gasteiger partial charge in [-0.15, -0.1) is 0 Å². The van der Waals surface area contributed by atoms with E-state index >= 15 is 0 Å². The van der Waals surface area contributed by atoms with Crippen molar-refractivity contribution in [2.45, 2.75) is 6.92 Å². The van der Waals surface area contributed by atoms with E-state index in [9.17, 15) is 9.59 Å². The Labute approximate surface area is 128 Å². The summed E-state index contributed by atoms with van der Waals surface area (Å²) in [5, 5.41) is 2.84. The average Bonchev–Trinajstić information content (AvgIpc) is 2.52. The summed E-state index contributed by atoms with van der Waals surface area (Å²) >= 11 is 0. The van der Waals surface area contributed by atoms with E-state index in [1.165, 1.54) is 4.90 Å². The molecule has 2 amide bonds. The fraction of sp³-hybridized carbons (Fsp3) is 0.176. The highest BCUT2D eigenvalue weighted by Gasteiger charge is 2.26. The van der Waals surface area contributed by atoms with Crippen molar-refractivity contribution in [3.63, 3.8) is 0 Å². The van der Waals surface area contributed by atoms with Crippen LogP contribution in [-0.2, 0) is 4.79 Å². The predicted octanol–water partition coefficient (Wildman–Crippen LogP) is 2.60. The second kappa shape index (κ2) is 5.52. The molecule has 2 aromatic rings. The molecule has 22 heavy (non-hydrogen) atoms. The lowest BCUT2D eigenvalue weighted by Gasteiger charge is -2.27. The fourth-order valence-corrected chi connectivity index (χ4v) is 2.32. The second-order valence-corrected chi connectivity index (χ2v) is 5.22. The first-order chi connectivity index (χ1) is 10.6. The van der Waals surface area contributed by atoms with Crippen molar-refractivity contribution in [2.24, 2.45) is 0 Å². The highest BCUT2D eigenvalue weighted by atomic mass is 16.5. The minimum atomic E-state index is -0.261. The van der Waals surface area contributed by atoms with Gasteiger partial charge >= 0.3 is 0 Å². The van der Waals surface area contributed by atoms with Gasteiger partial charge in [-0.25, -0.2) is 0 Å². The summed E-state index contributed by atoms with van der Waals surface area (Å²) in [6.07, 6.45) is 0. The summed E-state index contributed by atoms with van der Waals surface area (Å²) in [6, 6.07) is 12.7. The molecule has 5 nitrogen and oxygen atoms in total. The van der Waals surface area contributed by atoms with Crippen LogP contribution < -0.4 is 15.0 Å². The van der Waals surface area contributed by atoms with Gasteiger partial charge in [0.2, 0.25) is 0 Å². The van der Waals surface area contributed by atoms with E-state index < -0.39 is 0 Å². The summed E-state index contributed by atoms with van der Waals surface area (Å²) in [5.74, 6) is 0.0428. The van der Waals surface area contributed by atoms with Gasteiger partial charge in [-0.2, -0.15) is 0 Å². The lowest BCUT2D eigenvalue weighted by molar-refractivity contribution is -0.121. The van der Waals surface area contributed by atoms with Crippen LogP contribution in [0.4, 0.5) is 11.4 Å². The molecule has 2 aromatic carbocycles. The number of rotatable bonds is 2. The van der Waals surface area contributed by atoms with Gasteiger partial charge in [0.15, 0.2) is 12.4 Å². The molecule has 0 unspecified atom stereocenters. The van der Waals surface area contributed by atoms with Crippen LogP contribution in [0, 0.1) is 6.92 Å². The number of hydrogen-bond donors (Lipinski definition) is 1. The molecule has 1 heterocycles. The van der Waals surface area contributed by atoms with E-state index in [0.717, 1.165) is 5.56 Å². The first-order valence-corrected chi connectivity index (χ1v) is 6.96. The molecule has 0 aromatic heterocycles. The maximum absolute atomic E-state index is 12.5. The number of amides is 2. The van der Waals surface area contributed by atoms with Gasteiger partial charge in [-0.1, -0.05) is 23.8 Å². The highest BCUT2D eigenvalue weighted by molar-refractivity contribution is 6.09. The SMILES string of the molecule is Cc1ccc(NC(=O)c2cccc3c2OCC(=O)N3C)cc1. The van der Waals surface area contributed by atoms with E-state index in [2.05, 4.69) is 5.32 Å². The molecule has 0 saturated carbocycles. The van der Waals surface area contributed by atoms with Gasteiger partial charge in [0.1, 0.15) is 0 Å². The zero-order chi connectivity index (χ0) is 15.7. The van der Waals surface area contributed by atoms with Crippen LogP contribution in [0.1, 0.15) is 15.9 Å². The number of ether oxygens (including phenoxy) is 1. The number of likely N-dealkylation sites (N-methyl/N-ethyl adjacent to an activating group) is 1. The maximum Gasteiger partial charge on any atom is 0.264 e. The first-order valence-electron chi connectivity index (χ1n) is 6.96. The van der Waals surface area contributed by atoms with Crippen molar-refractivity contribution in [3.05, 3.63) is 53.6 Å². The average molecular weight is 296 g/mol. The highest BCUT2D eigenvalue weighted by Crippen LogP contribution is 2.34. The van der Waals surface area contributed by atoms with Crippen LogP contribution in [-0.4, -0.2) is 25.5 Å². The van der Waals surface area contributed by atoms with Crippen molar-refractivity contribution in [1.82, 2.24) is 0 Å². The molecule has 0 radical (unpaired) electrons. The van der Waals surface area contributed by atoms with Gasteiger partial charge in [0, 0.05) is 12.7 Å². The topological polar surface area (TPSA) is 58.6 Å². The number of nitrogens with zero attached hydrogens (tertiary/aromatic N) is 1. The van der Waals surface area contributed by atoms with Crippen molar-refractivity contribution in [1.29, 1.82) is 0 Å². The van der Waals surface area contributed by atoms with Crippen LogP contribution >= 0.6 is 0 Å². The Bertz CT molecular complexity index is 738. The van der Waals surface area contributed by atoms with Gasteiger partial charge in [-0.05, 0) is 31.2 Å². The van der Waals surface area contributed by atoms with Crippen molar-refractivity contribution in [2.75, 3.05) is 23.9 Å². The molecule has 0 fully saturated rings. The first kappa shape index (κ1) is 14.1. The third-order valence-corrected chi connectivity index (χ3v) is 3.62. The molecule has 0 aliphatic carbocycles. The van der Waals surface area contributed by atoms with Crippen LogP contribution in [0.3, 0.4) is 0 Å². The quantitative estimate of drug-likeness (QED) is 0.926. The van der Waals surface area contributed by atoms with Gasteiger partial charge in [-0.3, -0.25) is 9.59 Å². The van der Waals surface area contributed by atoms with Crippen molar-refractivity contribution in [3.8, 4) is 5.75 Å². The fourth-order valence-electron chi connectivity index (χ4n) is 2.32. The number of carbonyl (C=O) groups excluding carboxylic acids is 2. The molecule has 3 rings (SSSR count). The largest absolute Gasteiger partial charge is 0.481 e. The summed E-state index contributed by atoms with van der Waals surface area (Å²) in [6.45, 7) is 1.93. The zero-order valence-electron chi connectivity index (χ0n) is 12.4. The van der Waals surface area contributed by atoms with Crippen LogP contribution in [0.5, 0.6) is 5.75 Å². The maximum atomic E-state index is 12.5. The summed E-state index contributed by atoms with van der Waals surface area (Å²) in [5.41, 5.74) is 2.86. The number of benzene rings is 2. The lowest BCUT2D eigenvalue weighted by atomic mass is 10.1. The molecule has 0 atom stereocenters. The molecule has 0 saturated heterocycles. The number of para-hydroxylation sites is 1. The summed E-state index contributed by atoms with van der Waals surface area (Å²) in [4.78, 5) is 25.6. The molecular formula is C17H16N2O3. The molecule has 5 heteroatoms. The summed E-state index contributed by atoms with van der Waals surface area (Å²) < 4.78 is 5.46. The van der Waals surface area contributed by atoms with Crippen molar-refractivity contribution >= 4 is 23.2 Å². The van der Waals surface area contributed by atoms with E-state index in [1.807, 2.05) is 31.2 Å². The minimum Gasteiger partial charge on any atom is -0.481 e. The Morgan fingerprint density at radius 3 is 2.64 bits per heavy atom. The number of fused-ring (bicyclic) bond motifs is 1. The third kappa shape index (κ3) is 2.53. The Hall–Kier alpha value is -2.82. The Balaban J connectivity index is 1.90. The Morgan fingerprint density at radius 1 is 1.18 bits per heavy atom. The number of nitrogens with one attached hydrogen (secondary N) is 1. The molecular weight excluding hydrogens is 280 g/mol. The standard InChI is InChI=1S/C17H16N2O3/c1-11-6-8-12(9-7-11)18-17(21)13-4-3-5-14-16(13)22-10-15(20)19(14)2/h3-9H,10H2,1-2H3,(H,18,21). The number of anilines is 2. The van der Waals surface area contributed by atoms with Crippen LogP contribution in [0.2, 0.25) is 0 Å². The summed E-state index contributed by atoms with van der Waals surface area (Å²) in [7, 11) is 1.67. The second-order valence-electron chi connectivity index (χ2n) is 5.22. The third-order valence-electron chi connectivity index (χ3n) is 3.62. The minimum absolute atomic E-state index is 0.0572. The zero-order valence-corrected chi connectivity index (χ0v) is 12.4. The van der Waals surface area contributed by atoms with E-state index in [1.54, 1.807) is 25.2 Å². The van der Waals surface area contributed by atoms with Crippen LogP contribution in [0.15, 0.2) is 42.5 Å². The lowest BCUT2D eigenvalue weighted by Crippen LogP contribution is -2.36. The molecule has 1 aliphatic heterocycles. The molecule has 0 bridgehead atoms. The van der Waals surface area contributed by atoms with Gasteiger partial charge in [0.05, 0.1) is 11.3 Å². The van der Waals surface area contributed by atoms with E-state index in [-0.39, 0.29) is 18.4 Å². The smallest absolute Gasteiger partial charge is 0.264 e. The Morgan fingerprint density at radius 2 is 1.91 bits per heavy atom. The monoisotopic (exact) mass is 296 g/mol. The van der Waals surface area contributed by atoms with E-state index in [0.29, 0.717) is 22.7 Å². The van der Waals surface area contributed by atoms with Gasteiger partial charge < -0.3 is 15.0 Å². The number of hydrogen-bond acceptors (Lipinski definition) is 3. The molecule has 0 spiro atoms. The molecule has 112 valence electrons. The number of carbonyl (C=O) groups is 2. The van der Waals surface area contributed by atoms with E-state index in [4.69, 9.17) is 4.74 Å². The normalized spacial score (nSPS) is 13.4. The van der Waals surface area contributed by atoms with Gasteiger partial charge in [0.25, 0.3) is 11.8 Å².